The fourth-order valence-corrected chi connectivity index (χ4v) is 2.93. The fourth-order valence-electron chi connectivity index (χ4n) is 2.93. The monoisotopic (exact) mass is 289 g/mol. The van der Waals surface area contributed by atoms with Gasteiger partial charge in [-0.15, -0.1) is 0 Å². The van der Waals surface area contributed by atoms with E-state index in [1.807, 2.05) is 10.9 Å². The van der Waals surface area contributed by atoms with Crippen LogP contribution in [-0.2, 0) is 6.54 Å². The average Bonchev–Trinajstić information content (AvgIpc) is 2.89. The number of piperidine rings is 1. The summed E-state index contributed by atoms with van der Waals surface area (Å²) in [6, 6.07) is 3.28. The molecule has 6 heteroatoms. The fraction of sp³-hybridized carbons (Fsp3) is 0.467. The minimum absolute atomic E-state index is 0.173. The Balaban J connectivity index is 1.93. The second-order valence-electron chi connectivity index (χ2n) is 5.43. The van der Waals surface area contributed by atoms with Gasteiger partial charge in [0, 0.05) is 12.7 Å². The highest BCUT2D eigenvalue weighted by Crippen LogP contribution is 2.29. The Labute approximate surface area is 122 Å². The number of aromatic carboxylic acids is 1. The van der Waals surface area contributed by atoms with Crippen molar-refractivity contribution in [2.24, 2.45) is 5.92 Å². The van der Waals surface area contributed by atoms with Crippen molar-refractivity contribution in [1.82, 2.24) is 15.1 Å². The minimum atomic E-state index is -0.986. The molecule has 0 spiro atoms. The van der Waals surface area contributed by atoms with Gasteiger partial charge in [-0.25, -0.2) is 4.79 Å². The first kappa shape index (κ1) is 13.9. The van der Waals surface area contributed by atoms with Crippen molar-refractivity contribution in [2.45, 2.75) is 19.4 Å². The molecule has 0 saturated carbocycles. The summed E-state index contributed by atoms with van der Waals surface area (Å²) >= 11 is 0. The van der Waals surface area contributed by atoms with Gasteiger partial charge in [0.2, 0.25) is 0 Å². The van der Waals surface area contributed by atoms with Crippen molar-refractivity contribution in [3.63, 3.8) is 0 Å². The Bertz CT molecular complexity index is 659. The van der Waals surface area contributed by atoms with E-state index in [9.17, 15) is 9.90 Å². The van der Waals surface area contributed by atoms with Crippen LogP contribution in [0.25, 0.3) is 10.9 Å². The molecule has 0 aliphatic carbocycles. The lowest BCUT2D eigenvalue weighted by Crippen LogP contribution is -2.29. The Hall–Kier alpha value is -2.08. The van der Waals surface area contributed by atoms with Crippen molar-refractivity contribution in [3.05, 3.63) is 23.9 Å². The van der Waals surface area contributed by atoms with Crippen LogP contribution in [-0.4, -0.2) is 41.1 Å². The molecule has 1 aromatic heterocycles. The van der Waals surface area contributed by atoms with Crippen molar-refractivity contribution in [2.75, 3.05) is 20.2 Å². The summed E-state index contributed by atoms with van der Waals surface area (Å²) in [5, 5.41) is 17.9. The Morgan fingerprint density at radius 1 is 1.48 bits per heavy atom. The van der Waals surface area contributed by atoms with Crippen LogP contribution < -0.4 is 10.1 Å². The van der Waals surface area contributed by atoms with Gasteiger partial charge in [0.1, 0.15) is 11.3 Å². The standard InChI is InChI=1S/C15H19N3O3/c1-21-14-11(15(19)20)2-3-13-12(14)9-18(17-13)8-10-4-6-16-7-5-10/h2-3,9-10,16H,4-8H2,1H3,(H,19,20). The smallest absolute Gasteiger partial charge is 0.339 e. The van der Waals surface area contributed by atoms with Gasteiger partial charge in [-0.1, -0.05) is 0 Å². The largest absolute Gasteiger partial charge is 0.495 e. The number of rotatable bonds is 4. The first-order chi connectivity index (χ1) is 10.2. The topological polar surface area (TPSA) is 76.4 Å². The van der Waals surface area contributed by atoms with Gasteiger partial charge < -0.3 is 15.2 Å². The third-order valence-electron chi connectivity index (χ3n) is 4.03. The van der Waals surface area contributed by atoms with E-state index in [2.05, 4.69) is 10.4 Å². The average molecular weight is 289 g/mol. The van der Waals surface area contributed by atoms with E-state index in [-0.39, 0.29) is 5.56 Å². The number of carbonyl (C=O) groups is 1. The molecule has 21 heavy (non-hydrogen) atoms. The van der Waals surface area contributed by atoms with Gasteiger partial charge in [-0.3, -0.25) is 4.68 Å². The highest BCUT2D eigenvalue weighted by Gasteiger charge is 2.18. The second kappa shape index (κ2) is 5.73. The van der Waals surface area contributed by atoms with Crippen LogP contribution in [0.1, 0.15) is 23.2 Å². The molecule has 112 valence electrons. The van der Waals surface area contributed by atoms with Crippen molar-refractivity contribution in [3.8, 4) is 5.75 Å². The molecule has 0 atom stereocenters. The number of fused-ring (bicyclic) bond motifs is 1. The van der Waals surface area contributed by atoms with E-state index in [0.717, 1.165) is 43.4 Å². The van der Waals surface area contributed by atoms with Crippen LogP contribution in [0.3, 0.4) is 0 Å². The van der Waals surface area contributed by atoms with Crippen LogP contribution in [0.5, 0.6) is 5.75 Å². The first-order valence-electron chi connectivity index (χ1n) is 7.17. The van der Waals surface area contributed by atoms with Gasteiger partial charge in [0.15, 0.2) is 0 Å². The SMILES string of the molecule is COc1c(C(=O)O)ccc2nn(CC3CCNCC3)cc12. The molecule has 2 N–H and O–H groups in total. The summed E-state index contributed by atoms with van der Waals surface area (Å²) in [6.45, 7) is 2.97. The lowest BCUT2D eigenvalue weighted by Gasteiger charge is -2.22. The lowest BCUT2D eigenvalue weighted by molar-refractivity contribution is 0.0693. The highest BCUT2D eigenvalue weighted by molar-refractivity contribution is 5.99. The van der Waals surface area contributed by atoms with Crippen LogP contribution in [0, 0.1) is 5.92 Å². The molecule has 6 nitrogen and oxygen atoms in total. The summed E-state index contributed by atoms with van der Waals surface area (Å²) in [6.07, 6.45) is 4.18. The molecule has 1 saturated heterocycles. The molecule has 3 rings (SSSR count). The minimum Gasteiger partial charge on any atom is -0.495 e. The number of hydrogen-bond acceptors (Lipinski definition) is 4. The Kier molecular flexibility index (Phi) is 3.79. The predicted molar refractivity (Wildman–Crippen MR) is 78.8 cm³/mol. The van der Waals surface area contributed by atoms with E-state index < -0.39 is 5.97 Å². The Morgan fingerprint density at radius 2 is 2.24 bits per heavy atom. The third kappa shape index (κ3) is 2.71. The number of carboxylic acid groups (broad SMARTS) is 1. The second-order valence-corrected chi connectivity index (χ2v) is 5.43. The van der Waals surface area contributed by atoms with E-state index in [0.29, 0.717) is 11.7 Å². The van der Waals surface area contributed by atoms with Crippen molar-refractivity contribution >= 4 is 16.9 Å². The molecule has 1 fully saturated rings. The summed E-state index contributed by atoms with van der Waals surface area (Å²) < 4.78 is 7.19. The quantitative estimate of drug-likeness (QED) is 0.896. The normalized spacial score (nSPS) is 16.2. The summed E-state index contributed by atoms with van der Waals surface area (Å²) in [7, 11) is 1.49. The van der Waals surface area contributed by atoms with Crippen LogP contribution in [0.4, 0.5) is 0 Å². The molecule has 1 aromatic carbocycles. The van der Waals surface area contributed by atoms with Gasteiger partial charge >= 0.3 is 5.97 Å². The van der Waals surface area contributed by atoms with E-state index in [1.165, 1.54) is 7.11 Å². The zero-order chi connectivity index (χ0) is 14.8. The molecule has 0 unspecified atom stereocenters. The molecular formula is C15H19N3O3. The van der Waals surface area contributed by atoms with E-state index in [4.69, 9.17) is 4.74 Å². The number of nitrogens with one attached hydrogen (secondary N) is 1. The zero-order valence-corrected chi connectivity index (χ0v) is 12.0. The number of aromatic nitrogens is 2. The number of benzene rings is 1. The van der Waals surface area contributed by atoms with E-state index in [1.54, 1.807) is 12.1 Å². The van der Waals surface area contributed by atoms with E-state index >= 15 is 0 Å². The van der Waals surface area contributed by atoms with Gasteiger partial charge in [0.25, 0.3) is 0 Å². The molecule has 2 aromatic rings. The number of carboxylic acids is 1. The first-order valence-corrected chi connectivity index (χ1v) is 7.17. The third-order valence-corrected chi connectivity index (χ3v) is 4.03. The number of methoxy groups -OCH3 is 1. The molecular weight excluding hydrogens is 270 g/mol. The zero-order valence-electron chi connectivity index (χ0n) is 12.0. The maximum atomic E-state index is 11.2. The van der Waals surface area contributed by atoms with Crippen LogP contribution in [0.15, 0.2) is 18.3 Å². The number of nitrogens with zero attached hydrogens (tertiary/aromatic N) is 2. The van der Waals surface area contributed by atoms with Crippen LogP contribution in [0.2, 0.25) is 0 Å². The molecule has 0 amide bonds. The molecule has 0 bridgehead atoms. The summed E-state index contributed by atoms with van der Waals surface area (Å²) in [4.78, 5) is 11.2. The summed E-state index contributed by atoms with van der Waals surface area (Å²) in [5.74, 6) is 0.0157. The highest BCUT2D eigenvalue weighted by atomic mass is 16.5. The van der Waals surface area contributed by atoms with Crippen LogP contribution >= 0.6 is 0 Å². The van der Waals surface area contributed by atoms with Gasteiger partial charge in [0.05, 0.1) is 18.0 Å². The van der Waals surface area contributed by atoms with Crippen molar-refractivity contribution < 1.29 is 14.6 Å². The predicted octanol–water partition coefficient (Wildman–Crippen LogP) is 1.74. The number of hydrogen-bond donors (Lipinski definition) is 2. The maximum absolute atomic E-state index is 11.2. The van der Waals surface area contributed by atoms with Crippen molar-refractivity contribution in [1.29, 1.82) is 0 Å². The van der Waals surface area contributed by atoms with Gasteiger partial charge in [-0.05, 0) is 44.0 Å². The molecule has 2 heterocycles. The lowest BCUT2D eigenvalue weighted by atomic mass is 9.98. The molecule has 0 radical (unpaired) electrons. The maximum Gasteiger partial charge on any atom is 0.339 e. The Morgan fingerprint density at radius 3 is 2.90 bits per heavy atom. The molecule has 1 aliphatic rings. The number of ether oxygens (including phenoxy) is 1. The van der Waals surface area contributed by atoms with Gasteiger partial charge in [-0.2, -0.15) is 5.10 Å². The molecule has 1 aliphatic heterocycles. The summed E-state index contributed by atoms with van der Waals surface area (Å²) in [5.41, 5.74) is 0.942.